The van der Waals surface area contributed by atoms with Gasteiger partial charge in [-0.1, -0.05) is 29.8 Å². The molecule has 0 bridgehead atoms. The molecule has 2 heterocycles. The Morgan fingerprint density at radius 2 is 1.87 bits per heavy atom. The quantitative estimate of drug-likeness (QED) is 0.928. The van der Waals surface area contributed by atoms with Crippen molar-refractivity contribution in [3.8, 4) is 0 Å². The molecule has 0 aromatic heterocycles. The second-order valence-electron chi connectivity index (χ2n) is 6.95. The molecular weight excluding hydrogens is 288 g/mol. The number of rotatable bonds is 4. The molecule has 1 unspecified atom stereocenters. The highest BCUT2D eigenvalue weighted by Gasteiger charge is 2.32. The van der Waals surface area contributed by atoms with Crippen LogP contribution in [0.3, 0.4) is 0 Å². The molecule has 2 aliphatic rings. The molecule has 124 valence electrons. The van der Waals surface area contributed by atoms with Crippen LogP contribution in [-0.4, -0.2) is 35.8 Å². The number of carbonyl (C=O) groups excluding carboxylic acids is 2. The second kappa shape index (κ2) is 7.16. The Morgan fingerprint density at radius 1 is 1.17 bits per heavy atom. The van der Waals surface area contributed by atoms with Gasteiger partial charge in [0.1, 0.15) is 6.04 Å². The van der Waals surface area contributed by atoms with E-state index in [-0.39, 0.29) is 17.9 Å². The fraction of sp³-hybridized carbons (Fsp3) is 0.579. The van der Waals surface area contributed by atoms with E-state index in [1.54, 1.807) is 0 Å². The standard InChI is InChI=1S/C19H26N2O2/c1-14-2-4-15(5-3-14)6-7-16-10-12-21(13-11-16)19(23)17-8-9-18(22)20-17/h2-5,16-17H,6-13H2,1H3,(H,20,22). The first-order valence-corrected chi connectivity index (χ1v) is 8.75. The first-order valence-electron chi connectivity index (χ1n) is 8.75. The third-order valence-corrected chi connectivity index (χ3v) is 5.18. The monoisotopic (exact) mass is 314 g/mol. The number of likely N-dealkylation sites (tertiary alicyclic amines) is 1. The third kappa shape index (κ3) is 4.12. The molecular formula is C19H26N2O2. The zero-order chi connectivity index (χ0) is 16.2. The molecule has 0 radical (unpaired) electrons. The summed E-state index contributed by atoms with van der Waals surface area (Å²) in [6.45, 7) is 3.79. The number of nitrogens with zero attached hydrogens (tertiary/aromatic N) is 1. The highest BCUT2D eigenvalue weighted by molar-refractivity contribution is 5.90. The topological polar surface area (TPSA) is 49.4 Å². The largest absolute Gasteiger partial charge is 0.344 e. The van der Waals surface area contributed by atoms with Crippen LogP contribution in [0.2, 0.25) is 0 Å². The molecule has 2 aliphatic heterocycles. The van der Waals surface area contributed by atoms with Crippen LogP contribution in [0.25, 0.3) is 0 Å². The Bertz CT molecular complexity index is 559. The molecule has 0 aliphatic carbocycles. The molecule has 2 saturated heterocycles. The van der Waals surface area contributed by atoms with Crippen LogP contribution in [0, 0.1) is 12.8 Å². The average Bonchev–Trinajstić information content (AvgIpc) is 3.01. The molecule has 0 saturated carbocycles. The predicted molar refractivity (Wildman–Crippen MR) is 90.0 cm³/mol. The van der Waals surface area contributed by atoms with E-state index in [0.29, 0.717) is 18.8 Å². The first-order chi connectivity index (χ1) is 11.1. The summed E-state index contributed by atoms with van der Waals surface area (Å²) in [7, 11) is 0. The van der Waals surface area contributed by atoms with E-state index in [1.165, 1.54) is 17.5 Å². The van der Waals surface area contributed by atoms with Gasteiger partial charge in [-0.15, -0.1) is 0 Å². The molecule has 4 nitrogen and oxygen atoms in total. The summed E-state index contributed by atoms with van der Waals surface area (Å²) in [5.74, 6) is 0.836. The van der Waals surface area contributed by atoms with Crippen LogP contribution in [-0.2, 0) is 16.0 Å². The maximum absolute atomic E-state index is 12.4. The van der Waals surface area contributed by atoms with Gasteiger partial charge in [0, 0.05) is 19.5 Å². The SMILES string of the molecule is Cc1ccc(CCC2CCN(C(=O)C3CCC(=O)N3)CC2)cc1. The minimum absolute atomic E-state index is 0.0105. The maximum atomic E-state index is 12.4. The van der Waals surface area contributed by atoms with E-state index in [0.717, 1.165) is 32.4 Å². The van der Waals surface area contributed by atoms with Crippen LogP contribution in [0.4, 0.5) is 0 Å². The minimum Gasteiger partial charge on any atom is -0.344 e. The van der Waals surface area contributed by atoms with Crippen molar-refractivity contribution < 1.29 is 9.59 Å². The van der Waals surface area contributed by atoms with E-state index in [2.05, 4.69) is 36.5 Å². The number of hydrogen-bond acceptors (Lipinski definition) is 2. The van der Waals surface area contributed by atoms with Gasteiger partial charge in [0.15, 0.2) is 0 Å². The number of amides is 2. The Kier molecular flexibility index (Phi) is 4.99. The van der Waals surface area contributed by atoms with E-state index in [4.69, 9.17) is 0 Å². The molecule has 23 heavy (non-hydrogen) atoms. The van der Waals surface area contributed by atoms with Gasteiger partial charge in [-0.25, -0.2) is 0 Å². The third-order valence-electron chi connectivity index (χ3n) is 5.18. The van der Waals surface area contributed by atoms with E-state index in [1.807, 2.05) is 4.90 Å². The van der Waals surface area contributed by atoms with Gasteiger partial charge < -0.3 is 10.2 Å². The van der Waals surface area contributed by atoms with Crippen molar-refractivity contribution in [3.05, 3.63) is 35.4 Å². The number of benzene rings is 1. The summed E-state index contributed by atoms with van der Waals surface area (Å²) < 4.78 is 0. The van der Waals surface area contributed by atoms with Crippen molar-refractivity contribution in [3.63, 3.8) is 0 Å². The predicted octanol–water partition coefficient (Wildman–Crippen LogP) is 2.44. The van der Waals surface area contributed by atoms with Crippen molar-refractivity contribution in [2.24, 2.45) is 5.92 Å². The first kappa shape index (κ1) is 16.0. The summed E-state index contributed by atoms with van der Waals surface area (Å²) in [5.41, 5.74) is 2.71. The van der Waals surface area contributed by atoms with Crippen LogP contribution in [0.5, 0.6) is 0 Å². The zero-order valence-electron chi connectivity index (χ0n) is 13.9. The molecule has 2 fully saturated rings. The molecule has 0 spiro atoms. The van der Waals surface area contributed by atoms with Crippen molar-refractivity contribution in [2.45, 2.75) is 51.5 Å². The molecule has 1 aromatic rings. The number of carbonyl (C=O) groups is 2. The van der Waals surface area contributed by atoms with Crippen molar-refractivity contribution in [1.82, 2.24) is 10.2 Å². The summed E-state index contributed by atoms with van der Waals surface area (Å²) >= 11 is 0. The summed E-state index contributed by atoms with van der Waals surface area (Å²) in [6, 6.07) is 8.51. The zero-order valence-corrected chi connectivity index (χ0v) is 13.9. The number of nitrogens with one attached hydrogen (secondary N) is 1. The Labute approximate surface area is 138 Å². The van der Waals surface area contributed by atoms with Crippen LogP contribution in [0.1, 0.15) is 43.2 Å². The number of hydrogen-bond donors (Lipinski definition) is 1. The fourth-order valence-electron chi connectivity index (χ4n) is 3.59. The smallest absolute Gasteiger partial charge is 0.245 e. The molecule has 1 aromatic carbocycles. The minimum atomic E-state index is -0.272. The van der Waals surface area contributed by atoms with Crippen LogP contribution < -0.4 is 5.32 Å². The highest BCUT2D eigenvalue weighted by Crippen LogP contribution is 2.24. The van der Waals surface area contributed by atoms with Gasteiger partial charge in [0.25, 0.3) is 0 Å². The fourth-order valence-corrected chi connectivity index (χ4v) is 3.59. The lowest BCUT2D eigenvalue weighted by molar-refractivity contribution is -0.135. The number of piperidine rings is 1. The van der Waals surface area contributed by atoms with E-state index < -0.39 is 0 Å². The van der Waals surface area contributed by atoms with Gasteiger partial charge >= 0.3 is 0 Å². The Hall–Kier alpha value is -1.84. The molecule has 4 heteroatoms. The summed E-state index contributed by atoms with van der Waals surface area (Å²) in [5, 5.41) is 2.78. The second-order valence-corrected chi connectivity index (χ2v) is 6.95. The maximum Gasteiger partial charge on any atom is 0.245 e. The van der Waals surface area contributed by atoms with Gasteiger partial charge in [-0.3, -0.25) is 9.59 Å². The summed E-state index contributed by atoms with van der Waals surface area (Å²) in [4.78, 5) is 25.6. The van der Waals surface area contributed by atoms with E-state index in [9.17, 15) is 9.59 Å². The van der Waals surface area contributed by atoms with Crippen LogP contribution in [0.15, 0.2) is 24.3 Å². The Balaban J connectivity index is 1.42. The van der Waals surface area contributed by atoms with Gasteiger partial charge in [-0.2, -0.15) is 0 Å². The lowest BCUT2D eigenvalue weighted by Gasteiger charge is -2.33. The van der Waals surface area contributed by atoms with Gasteiger partial charge in [-0.05, 0) is 50.5 Å². The lowest BCUT2D eigenvalue weighted by atomic mass is 9.90. The average molecular weight is 314 g/mol. The van der Waals surface area contributed by atoms with Crippen molar-refractivity contribution >= 4 is 11.8 Å². The number of aryl methyl sites for hydroxylation is 2. The van der Waals surface area contributed by atoms with Crippen LogP contribution >= 0.6 is 0 Å². The summed E-state index contributed by atoms with van der Waals surface area (Å²) in [6.07, 6.45) is 5.63. The van der Waals surface area contributed by atoms with Gasteiger partial charge in [0.2, 0.25) is 11.8 Å². The Morgan fingerprint density at radius 3 is 2.48 bits per heavy atom. The molecule has 2 amide bonds. The van der Waals surface area contributed by atoms with Crippen molar-refractivity contribution in [1.29, 1.82) is 0 Å². The molecule has 1 N–H and O–H groups in total. The van der Waals surface area contributed by atoms with Crippen molar-refractivity contribution in [2.75, 3.05) is 13.1 Å². The highest BCUT2D eigenvalue weighted by atomic mass is 16.2. The van der Waals surface area contributed by atoms with Gasteiger partial charge in [0.05, 0.1) is 0 Å². The molecule has 3 rings (SSSR count). The lowest BCUT2D eigenvalue weighted by Crippen LogP contribution is -2.47. The normalized spacial score (nSPS) is 22.2. The molecule has 1 atom stereocenters. The van der Waals surface area contributed by atoms with E-state index >= 15 is 0 Å².